The van der Waals surface area contributed by atoms with Crippen molar-refractivity contribution in [1.29, 1.82) is 0 Å². The van der Waals surface area contributed by atoms with Gasteiger partial charge in [0.1, 0.15) is 17.8 Å². The van der Waals surface area contributed by atoms with Crippen molar-refractivity contribution in [1.82, 2.24) is 20.5 Å². The third kappa shape index (κ3) is 5.43. The van der Waals surface area contributed by atoms with Crippen molar-refractivity contribution in [2.24, 2.45) is 0 Å². The van der Waals surface area contributed by atoms with E-state index in [0.717, 1.165) is 22.7 Å². The summed E-state index contributed by atoms with van der Waals surface area (Å²) in [4.78, 5) is 27.2. The molecule has 0 atom stereocenters. The molecule has 146 valence electrons. The van der Waals surface area contributed by atoms with Gasteiger partial charge in [-0.3, -0.25) is 14.6 Å². The van der Waals surface area contributed by atoms with Crippen LogP contribution in [-0.2, 0) is 20.9 Å². The van der Waals surface area contributed by atoms with Crippen LogP contribution in [0.15, 0.2) is 46.2 Å². The van der Waals surface area contributed by atoms with E-state index >= 15 is 0 Å². The summed E-state index contributed by atoms with van der Waals surface area (Å²) < 4.78 is 15.9. The molecule has 2 heterocycles. The van der Waals surface area contributed by atoms with Crippen molar-refractivity contribution in [2.45, 2.75) is 18.8 Å². The zero-order valence-corrected chi connectivity index (χ0v) is 15.9. The van der Waals surface area contributed by atoms with E-state index in [9.17, 15) is 9.59 Å². The molecule has 2 aromatic heterocycles. The maximum absolute atomic E-state index is 11.7. The molecule has 10 heteroatoms. The van der Waals surface area contributed by atoms with Crippen LogP contribution in [0.25, 0.3) is 10.9 Å². The minimum Gasteiger partial charge on any atom is -0.482 e. The van der Waals surface area contributed by atoms with Crippen molar-refractivity contribution in [3.63, 3.8) is 0 Å². The predicted molar refractivity (Wildman–Crippen MR) is 101 cm³/mol. The van der Waals surface area contributed by atoms with Gasteiger partial charge in [0.25, 0.3) is 11.1 Å². The standard InChI is InChI=1S/C18H18N4O5S/c1-2-25-16(24)9-20-14(23)11-28-18-22-21-15(27-18)10-26-13-7-3-5-12-6-4-8-19-17(12)13/h3-8H,2,9-11H2,1H3,(H,20,23). The number of fused-ring (bicyclic) bond motifs is 1. The van der Waals surface area contributed by atoms with E-state index in [1.54, 1.807) is 13.1 Å². The highest BCUT2D eigenvalue weighted by Gasteiger charge is 2.12. The quantitative estimate of drug-likeness (QED) is 0.423. The highest BCUT2D eigenvalue weighted by atomic mass is 32.2. The summed E-state index contributed by atoms with van der Waals surface area (Å²) in [6.45, 7) is 1.88. The average molecular weight is 402 g/mol. The minimum atomic E-state index is -0.485. The molecule has 0 spiro atoms. The van der Waals surface area contributed by atoms with Crippen LogP contribution >= 0.6 is 11.8 Å². The van der Waals surface area contributed by atoms with E-state index in [-0.39, 0.29) is 42.5 Å². The van der Waals surface area contributed by atoms with Gasteiger partial charge in [0.15, 0.2) is 6.61 Å². The van der Waals surface area contributed by atoms with Crippen LogP contribution in [0.3, 0.4) is 0 Å². The summed E-state index contributed by atoms with van der Waals surface area (Å²) in [6.07, 6.45) is 1.70. The Morgan fingerprint density at radius 1 is 1.21 bits per heavy atom. The number of para-hydroxylation sites is 1. The highest BCUT2D eigenvalue weighted by molar-refractivity contribution is 7.99. The number of pyridine rings is 1. The lowest BCUT2D eigenvalue weighted by molar-refractivity contribution is -0.143. The van der Waals surface area contributed by atoms with Crippen molar-refractivity contribution < 1.29 is 23.5 Å². The molecule has 0 saturated carbocycles. The number of ether oxygens (including phenoxy) is 2. The molecule has 1 amide bonds. The van der Waals surface area contributed by atoms with Crippen molar-refractivity contribution >= 4 is 34.5 Å². The number of benzene rings is 1. The normalized spacial score (nSPS) is 10.6. The molecule has 0 aliphatic rings. The SMILES string of the molecule is CCOC(=O)CNC(=O)CSc1nnc(COc2cccc3cccnc23)o1. The number of rotatable bonds is 9. The van der Waals surface area contributed by atoms with Gasteiger partial charge < -0.3 is 19.2 Å². The van der Waals surface area contributed by atoms with Crippen LogP contribution in [0.2, 0.25) is 0 Å². The highest BCUT2D eigenvalue weighted by Crippen LogP contribution is 2.24. The average Bonchev–Trinajstić information content (AvgIpc) is 3.17. The number of nitrogens with one attached hydrogen (secondary N) is 1. The van der Waals surface area contributed by atoms with Gasteiger partial charge in [0.05, 0.1) is 12.4 Å². The third-order valence-electron chi connectivity index (χ3n) is 3.46. The fourth-order valence-corrected chi connectivity index (χ4v) is 2.86. The molecule has 28 heavy (non-hydrogen) atoms. The van der Waals surface area contributed by atoms with Gasteiger partial charge >= 0.3 is 5.97 Å². The molecule has 0 aliphatic carbocycles. The molecule has 3 rings (SSSR count). The first-order chi connectivity index (χ1) is 13.7. The summed E-state index contributed by atoms with van der Waals surface area (Å²) >= 11 is 1.07. The fraction of sp³-hybridized carbons (Fsp3) is 0.278. The molecule has 3 aromatic rings. The molecule has 0 bridgehead atoms. The van der Waals surface area contributed by atoms with Gasteiger partial charge in [-0.1, -0.05) is 30.0 Å². The van der Waals surface area contributed by atoms with E-state index in [1.165, 1.54) is 0 Å². The van der Waals surface area contributed by atoms with Crippen molar-refractivity contribution in [3.05, 3.63) is 42.4 Å². The molecule has 0 radical (unpaired) electrons. The van der Waals surface area contributed by atoms with E-state index in [0.29, 0.717) is 5.75 Å². The Labute approximate surface area is 164 Å². The third-order valence-corrected chi connectivity index (χ3v) is 4.28. The van der Waals surface area contributed by atoms with Gasteiger partial charge in [-0.2, -0.15) is 0 Å². The largest absolute Gasteiger partial charge is 0.482 e. The smallest absolute Gasteiger partial charge is 0.325 e. The fourth-order valence-electron chi connectivity index (χ4n) is 2.25. The minimum absolute atomic E-state index is 0.0368. The molecule has 0 saturated heterocycles. The maximum Gasteiger partial charge on any atom is 0.325 e. The topological polar surface area (TPSA) is 116 Å². The second kappa shape index (κ2) is 9.70. The number of hydrogen-bond acceptors (Lipinski definition) is 9. The summed E-state index contributed by atoms with van der Waals surface area (Å²) in [7, 11) is 0. The lowest BCUT2D eigenvalue weighted by atomic mass is 10.2. The number of aromatic nitrogens is 3. The van der Waals surface area contributed by atoms with E-state index in [2.05, 4.69) is 20.5 Å². The maximum atomic E-state index is 11.7. The number of carbonyl (C=O) groups excluding carboxylic acids is 2. The van der Waals surface area contributed by atoms with Gasteiger partial charge in [-0.25, -0.2) is 0 Å². The molecular formula is C18H18N4O5S. The lowest BCUT2D eigenvalue weighted by Gasteiger charge is -2.06. The molecule has 0 fully saturated rings. The molecule has 1 N–H and O–H groups in total. The second-order valence-corrected chi connectivity index (χ2v) is 6.38. The van der Waals surface area contributed by atoms with Gasteiger partial charge in [0.2, 0.25) is 5.91 Å². The van der Waals surface area contributed by atoms with Crippen LogP contribution in [0.5, 0.6) is 5.75 Å². The summed E-state index contributed by atoms with van der Waals surface area (Å²) in [5, 5.41) is 11.4. The molecule has 1 aromatic carbocycles. The number of amides is 1. The Hall–Kier alpha value is -3.14. The number of carbonyl (C=O) groups is 2. The van der Waals surface area contributed by atoms with E-state index in [1.807, 2.05) is 30.3 Å². The Morgan fingerprint density at radius 2 is 2.07 bits per heavy atom. The van der Waals surface area contributed by atoms with Crippen LogP contribution in [-0.4, -0.2) is 46.0 Å². The monoisotopic (exact) mass is 402 g/mol. The lowest BCUT2D eigenvalue weighted by Crippen LogP contribution is -2.31. The van der Waals surface area contributed by atoms with Crippen LogP contribution < -0.4 is 10.1 Å². The van der Waals surface area contributed by atoms with Crippen LogP contribution in [0.1, 0.15) is 12.8 Å². The van der Waals surface area contributed by atoms with E-state index in [4.69, 9.17) is 13.9 Å². The first-order valence-corrected chi connectivity index (χ1v) is 9.48. The zero-order valence-electron chi connectivity index (χ0n) is 15.1. The molecule has 0 aliphatic heterocycles. The van der Waals surface area contributed by atoms with Gasteiger partial charge in [-0.05, 0) is 19.1 Å². The molecular weight excluding hydrogens is 384 g/mol. The van der Waals surface area contributed by atoms with Crippen molar-refractivity contribution in [2.75, 3.05) is 18.9 Å². The number of thioether (sulfide) groups is 1. The molecule has 0 unspecified atom stereocenters. The number of hydrogen-bond donors (Lipinski definition) is 1. The first-order valence-electron chi connectivity index (χ1n) is 8.49. The van der Waals surface area contributed by atoms with Crippen LogP contribution in [0.4, 0.5) is 0 Å². The number of nitrogens with zero attached hydrogens (tertiary/aromatic N) is 3. The molecule has 9 nitrogen and oxygen atoms in total. The summed E-state index contributed by atoms with van der Waals surface area (Å²) in [5.41, 5.74) is 0.748. The Kier molecular flexibility index (Phi) is 6.79. The Morgan fingerprint density at radius 3 is 2.93 bits per heavy atom. The second-order valence-electron chi connectivity index (χ2n) is 5.45. The number of esters is 1. The first kappa shape index (κ1) is 19.6. The Bertz CT molecular complexity index is 957. The van der Waals surface area contributed by atoms with Crippen molar-refractivity contribution in [3.8, 4) is 5.75 Å². The predicted octanol–water partition coefficient (Wildman–Crippen LogP) is 1.97. The van der Waals surface area contributed by atoms with Crippen LogP contribution in [0, 0.1) is 0 Å². The summed E-state index contributed by atoms with van der Waals surface area (Å²) in [6, 6.07) is 9.45. The van der Waals surface area contributed by atoms with Gasteiger partial charge in [-0.15, -0.1) is 10.2 Å². The summed E-state index contributed by atoms with van der Waals surface area (Å²) in [5.74, 6) is 0.109. The van der Waals surface area contributed by atoms with Gasteiger partial charge in [0, 0.05) is 11.6 Å². The zero-order chi connectivity index (χ0) is 19.8. The Balaban J connectivity index is 1.48. The van der Waals surface area contributed by atoms with E-state index < -0.39 is 5.97 Å².